The second-order valence-electron chi connectivity index (χ2n) is 6.49. The highest BCUT2D eigenvalue weighted by Crippen LogP contribution is 2.50. The normalized spacial score (nSPS) is 39.8. The smallest absolute Gasteiger partial charge is 0.00389 e. The van der Waals surface area contributed by atoms with Crippen molar-refractivity contribution < 1.29 is 0 Å². The van der Waals surface area contributed by atoms with Gasteiger partial charge >= 0.3 is 0 Å². The minimum Gasteiger partial charge on any atom is -0.328 e. The van der Waals surface area contributed by atoms with Crippen molar-refractivity contribution in [3.63, 3.8) is 0 Å². The number of nitrogens with two attached hydrogens (primary N) is 1. The van der Waals surface area contributed by atoms with Crippen molar-refractivity contribution in [2.24, 2.45) is 34.8 Å². The van der Waals surface area contributed by atoms with Crippen molar-refractivity contribution in [1.82, 2.24) is 0 Å². The van der Waals surface area contributed by atoms with Crippen LogP contribution in [0.1, 0.15) is 54.4 Å². The van der Waals surface area contributed by atoms with Crippen LogP contribution in [0.25, 0.3) is 0 Å². The first-order valence-electron chi connectivity index (χ1n) is 6.54. The summed E-state index contributed by atoms with van der Waals surface area (Å²) in [7, 11) is 0. The lowest BCUT2D eigenvalue weighted by Crippen LogP contribution is -2.45. The lowest BCUT2D eigenvalue weighted by molar-refractivity contribution is -0.00427. The molecule has 5 unspecified atom stereocenters. The molecule has 0 aromatic rings. The summed E-state index contributed by atoms with van der Waals surface area (Å²) >= 11 is 0. The van der Waals surface area contributed by atoms with Gasteiger partial charge in [-0.15, -0.1) is 0 Å². The van der Waals surface area contributed by atoms with Crippen LogP contribution in [0.5, 0.6) is 0 Å². The molecule has 5 atom stereocenters. The highest BCUT2D eigenvalue weighted by atomic mass is 14.6. The Balaban J connectivity index is 2.82. The van der Waals surface area contributed by atoms with Gasteiger partial charge in [0.15, 0.2) is 0 Å². The fourth-order valence-electron chi connectivity index (χ4n) is 3.44. The molecule has 0 bridgehead atoms. The maximum absolute atomic E-state index is 6.07. The first-order valence-corrected chi connectivity index (χ1v) is 6.54. The Morgan fingerprint density at radius 3 is 2.13 bits per heavy atom. The second kappa shape index (κ2) is 4.45. The molecule has 1 rings (SSSR count). The zero-order valence-corrected chi connectivity index (χ0v) is 11.4. The number of hydrogen-bond donors (Lipinski definition) is 1. The Bertz CT molecular complexity index is 207. The van der Waals surface area contributed by atoms with E-state index in [4.69, 9.17) is 5.73 Å². The third kappa shape index (κ3) is 2.38. The van der Waals surface area contributed by atoms with Gasteiger partial charge in [0.05, 0.1) is 0 Å². The molecule has 15 heavy (non-hydrogen) atoms. The predicted molar refractivity (Wildman–Crippen MR) is 67.6 cm³/mol. The van der Waals surface area contributed by atoms with Crippen LogP contribution in [0.4, 0.5) is 0 Å². The third-order valence-corrected chi connectivity index (χ3v) is 5.38. The standard InChI is InChI=1S/C14H29N/c1-9-7-8-13(10(2)12(4)15)14(5,6)11(9)3/h9-13H,7-8,15H2,1-6H3. The van der Waals surface area contributed by atoms with Gasteiger partial charge in [0.25, 0.3) is 0 Å². The molecular formula is C14H29N. The molecule has 0 saturated heterocycles. The van der Waals surface area contributed by atoms with E-state index in [0.29, 0.717) is 17.4 Å². The monoisotopic (exact) mass is 211 g/mol. The second-order valence-corrected chi connectivity index (χ2v) is 6.49. The minimum absolute atomic E-state index is 0.329. The van der Waals surface area contributed by atoms with E-state index in [1.807, 2.05) is 0 Å². The lowest BCUT2D eigenvalue weighted by atomic mass is 9.55. The van der Waals surface area contributed by atoms with E-state index in [-0.39, 0.29) is 0 Å². The first-order chi connectivity index (χ1) is 6.78. The zero-order valence-electron chi connectivity index (χ0n) is 11.4. The van der Waals surface area contributed by atoms with Crippen molar-refractivity contribution in [2.45, 2.75) is 60.4 Å². The van der Waals surface area contributed by atoms with E-state index in [9.17, 15) is 0 Å². The number of hydrogen-bond acceptors (Lipinski definition) is 1. The van der Waals surface area contributed by atoms with Crippen LogP contribution >= 0.6 is 0 Å². The van der Waals surface area contributed by atoms with Crippen LogP contribution in [0.3, 0.4) is 0 Å². The van der Waals surface area contributed by atoms with Crippen molar-refractivity contribution in [3.05, 3.63) is 0 Å². The molecule has 0 radical (unpaired) electrons. The minimum atomic E-state index is 0.329. The third-order valence-electron chi connectivity index (χ3n) is 5.38. The van der Waals surface area contributed by atoms with Crippen LogP contribution < -0.4 is 5.73 Å². The topological polar surface area (TPSA) is 26.0 Å². The number of rotatable bonds is 2. The van der Waals surface area contributed by atoms with Crippen LogP contribution in [0.2, 0.25) is 0 Å². The molecule has 0 aromatic carbocycles. The Morgan fingerprint density at radius 1 is 1.13 bits per heavy atom. The molecule has 1 aliphatic rings. The van der Waals surface area contributed by atoms with Gasteiger partial charge in [0.1, 0.15) is 0 Å². The maximum atomic E-state index is 6.07. The van der Waals surface area contributed by atoms with Crippen LogP contribution in [0.15, 0.2) is 0 Å². The summed E-state index contributed by atoms with van der Waals surface area (Å²) in [4.78, 5) is 0. The van der Waals surface area contributed by atoms with Crippen molar-refractivity contribution in [2.75, 3.05) is 0 Å². The molecule has 0 amide bonds. The summed E-state index contributed by atoms with van der Waals surface area (Å²) in [6.07, 6.45) is 2.74. The summed E-state index contributed by atoms with van der Waals surface area (Å²) in [6.45, 7) is 14.2. The highest BCUT2D eigenvalue weighted by molar-refractivity contribution is 4.93. The molecule has 0 aliphatic heterocycles. The van der Waals surface area contributed by atoms with Gasteiger partial charge in [-0.25, -0.2) is 0 Å². The van der Waals surface area contributed by atoms with Gasteiger partial charge in [-0.05, 0) is 42.4 Å². The summed E-state index contributed by atoms with van der Waals surface area (Å²) in [6, 6.07) is 0.329. The van der Waals surface area contributed by atoms with Gasteiger partial charge in [0.2, 0.25) is 0 Å². The largest absolute Gasteiger partial charge is 0.328 e. The molecule has 1 heteroatoms. The molecular weight excluding hydrogens is 182 g/mol. The zero-order chi connectivity index (χ0) is 11.8. The van der Waals surface area contributed by atoms with Gasteiger partial charge in [0, 0.05) is 6.04 Å². The molecule has 1 saturated carbocycles. The Kier molecular flexibility index (Phi) is 3.86. The van der Waals surface area contributed by atoms with Gasteiger partial charge in [-0.3, -0.25) is 0 Å². The van der Waals surface area contributed by atoms with E-state index in [1.165, 1.54) is 12.8 Å². The lowest BCUT2D eigenvalue weighted by Gasteiger charge is -2.50. The van der Waals surface area contributed by atoms with Gasteiger partial charge < -0.3 is 5.73 Å². The van der Waals surface area contributed by atoms with Gasteiger partial charge in [-0.2, -0.15) is 0 Å². The predicted octanol–water partition coefficient (Wildman–Crippen LogP) is 3.68. The van der Waals surface area contributed by atoms with Crippen molar-refractivity contribution in [1.29, 1.82) is 0 Å². The van der Waals surface area contributed by atoms with Crippen LogP contribution in [0, 0.1) is 29.1 Å². The molecule has 0 spiro atoms. The van der Waals surface area contributed by atoms with Crippen LogP contribution in [-0.2, 0) is 0 Å². The molecule has 0 aromatic heterocycles. The molecule has 0 heterocycles. The first kappa shape index (κ1) is 13.0. The Hall–Kier alpha value is -0.0400. The molecule has 90 valence electrons. The SMILES string of the molecule is CC(N)C(C)C1CCC(C)C(C)C1(C)C. The molecule has 1 nitrogen and oxygen atoms in total. The molecule has 2 N–H and O–H groups in total. The maximum Gasteiger partial charge on any atom is 0.00389 e. The molecule has 1 aliphatic carbocycles. The van der Waals surface area contributed by atoms with E-state index >= 15 is 0 Å². The van der Waals surface area contributed by atoms with Gasteiger partial charge in [-0.1, -0.05) is 41.0 Å². The fourth-order valence-corrected chi connectivity index (χ4v) is 3.44. The summed E-state index contributed by atoms with van der Waals surface area (Å²) in [5.74, 6) is 3.13. The fraction of sp³-hybridized carbons (Fsp3) is 1.00. The Morgan fingerprint density at radius 2 is 1.67 bits per heavy atom. The van der Waals surface area contributed by atoms with E-state index in [2.05, 4.69) is 41.5 Å². The van der Waals surface area contributed by atoms with Crippen molar-refractivity contribution in [3.8, 4) is 0 Å². The van der Waals surface area contributed by atoms with Crippen molar-refractivity contribution >= 4 is 0 Å². The summed E-state index contributed by atoms with van der Waals surface area (Å²) in [5.41, 5.74) is 6.52. The highest BCUT2D eigenvalue weighted by Gasteiger charge is 2.43. The molecule has 1 fully saturated rings. The van der Waals surface area contributed by atoms with E-state index in [0.717, 1.165) is 17.8 Å². The van der Waals surface area contributed by atoms with E-state index in [1.54, 1.807) is 0 Å². The average molecular weight is 211 g/mol. The Labute approximate surface area is 95.8 Å². The summed E-state index contributed by atoms with van der Waals surface area (Å²) in [5, 5.41) is 0. The van der Waals surface area contributed by atoms with Crippen LogP contribution in [-0.4, -0.2) is 6.04 Å². The summed E-state index contributed by atoms with van der Waals surface area (Å²) < 4.78 is 0. The average Bonchev–Trinajstić information content (AvgIpc) is 2.13. The van der Waals surface area contributed by atoms with E-state index < -0.39 is 0 Å². The quantitative estimate of drug-likeness (QED) is 0.741.